The van der Waals surface area contributed by atoms with E-state index in [4.69, 9.17) is 23.2 Å². The number of Topliss-reactive ketones (excluding diaryl/α,β-unsaturated/α-hetero) is 1. The van der Waals surface area contributed by atoms with Gasteiger partial charge in [-0.05, 0) is 18.6 Å². The predicted octanol–water partition coefficient (Wildman–Crippen LogP) is 4.85. The molecule has 0 spiro atoms. The highest BCUT2D eigenvalue weighted by molar-refractivity contribution is 6.44. The molecule has 0 amide bonds. The Kier molecular flexibility index (Phi) is 5.79. The highest BCUT2D eigenvalue weighted by atomic mass is 35.5. The zero-order chi connectivity index (χ0) is 12.8. The minimum Gasteiger partial charge on any atom is -0.506 e. The van der Waals surface area contributed by atoms with E-state index in [1.807, 2.05) is 0 Å². The molecule has 0 unspecified atom stereocenters. The molecular formula is C13H16Cl2O2. The number of benzene rings is 1. The molecule has 2 nitrogen and oxygen atoms in total. The summed E-state index contributed by atoms with van der Waals surface area (Å²) in [6.07, 6.45) is 4.66. The summed E-state index contributed by atoms with van der Waals surface area (Å²) < 4.78 is 0. The molecule has 1 N–H and O–H groups in total. The molecule has 0 aliphatic rings. The third-order valence-corrected chi connectivity index (χ3v) is 3.49. The first kappa shape index (κ1) is 14.3. The first-order chi connectivity index (χ1) is 8.07. The van der Waals surface area contributed by atoms with Crippen LogP contribution in [0.3, 0.4) is 0 Å². The number of hydrogen-bond donors (Lipinski definition) is 1. The maximum atomic E-state index is 11.9. The van der Waals surface area contributed by atoms with Crippen molar-refractivity contribution in [1.29, 1.82) is 0 Å². The van der Waals surface area contributed by atoms with E-state index in [1.165, 1.54) is 12.1 Å². The quantitative estimate of drug-likeness (QED) is 0.595. The SMILES string of the molecule is CCCCCCC(=O)c1ccc(O)c(Cl)c1Cl. The maximum Gasteiger partial charge on any atom is 0.164 e. The number of carbonyl (C=O) groups is 1. The molecule has 0 aromatic heterocycles. The van der Waals surface area contributed by atoms with E-state index in [2.05, 4.69) is 6.92 Å². The molecule has 17 heavy (non-hydrogen) atoms. The second kappa shape index (κ2) is 6.87. The van der Waals surface area contributed by atoms with Crippen molar-refractivity contribution in [2.75, 3.05) is 0 Å². The van der Waals surface area contributed by atoms with Gasteiger partial charge in [-0.1, -0.05) is 49.4 Å². The Morgan fingerprint density at radius 1 is 1.18 bits per heavy atom. The lowest BCUT2D eigenvalue weighted by molar-refractivity contribution is 0.0979. The lowest BCUT2D eigenvalue weighted by Gasteiger charge is -2.06. The number of rotatable bonds is 6. The summed E-state index contributed by atoms with van der Waals surface area (Å²) >= 11 is 11.7. The summed E-state index contributed by atoms with van der Waals surface area (Å²) in [7, 11) is 0. The van der Waals surface area contributed by atoms with Crippen molar-refractivity contribution in [2.45, 2.75) is 39.0 Å². The second-order valence-corrected chi connectivity index (χ2v) is 4.75. The van der Waals surface area contributed by atoms with E-state index < -0.39 is 0 Å². The summed E-state index contributed by atoms with van der Waals surface area (Å²) in [4.78, 5) is 11.9. The van der Waals surface area contributed by atoms with Gasteiger partial charge >= 0.3 is 0 Å². The average Bonchev–Trinajstić information content (AvgIpc) is 2.31. The van der Waals surface area contributed by atoms with Gasteiger partial charge in [-0.3, -0.25) is 4.79 Å². The summed E-state index contributed by atoms with van der Waals surface area (Å²) in [5, 5.41) is 9.52. The minimum absolute atomic E-state index is 0.0204. The molecule has 0 saturated carbocycles. The molecule has 0 aliphatic carbocycles. The van der Waals surface area contributed by atoms with E-state index in [0.717, 1.165) is 25.7 Å². The maximum absolute atomic E-state index is 11.9. The van der Waals surface area contributed by atoms with Crippen LogP contribution in [0.15, 0.2) is 12.1 Å². The van der Waals surface area contributed by atoms with Crippen LogP contribution < -0.4 is 0 Å². The summed E-state index contributed by atoms with van der Waals surface area (Å²) in [6, 6.07) is 2.92. The lowest BCUT2D eigenvalue weighted by Crippen LogP contribution is -2.00. The molecule has 94 valence electrons. The van der Waals surface area contributed by atoms with Gasteiger partial charge in [-0.25, -0.2) is 0 Å². The fraction of sp³-hybridized carbons (Fsp3) is 0.462. The zero-order valence-corrected chi connectivity index (χ0v) is 11.3. The van der Waals surface area contributed by atoms with E-state index in [9.17, 15) is 9.90 Å². The molecule has 1 aromatic rings. The molecule has 4 heteroatoms. The number of carbonyl (C=O) groups excluding carboxylic acids is 1. The van der Waals surface area contributed by atoms with Crippen molar-refractivity contribution in [2.24, 2.45) is 0 Å². The van der Waals surface area contributed by atoms with Crippen LogP contribution in [0.4, 0.5) is 0 Å². The number of phenols is 1. The zero-order valence-electron chi connectivity index (χ0n) is 9.80. The fourth-order valence-electron chi connectivity index (χ4n) is 1.60. The molecule has 0 aliphatic heterocycles. The molecule has 0 radical (unpaired) electrons. The molecule has 0 saturated heterocycles. The monoisotopic (exact) mass is 274 g/mol. The van der Waals surface area contributed by atoms with Gasteiger partial charge in [0.15, 0.2) is 5.78 Å². The standard InChI is InChI=1S/C13H16Cl2O2/c1-2-3-4-5-6-10(16)9-7-8-11(17)13(15)12(9)14/h7-8,17H,2-6H2,1H3. The highest BCUT2D eigenvalue weighted by Crippen LogP contribution is 2.34. The van der Waals surface area contributed by atoms with E-state index >= 15 is 0 Å². The van der Waals surface area contributed by atoms with Crippen molar-refractivity contribution < 1.29 is 9.90 Å². The topological polar surface area (TPSA) is 37.3 Å². The van der Waals surface area contributed by atoms with Gasteiger partial charge < -0.3 is 5.11 Å². The average molecular weight is 275 g/mol. The Hall–Kier alpha value is -0.730. The Balaban J connectivity index is 2.66. The molecule has 1 rings (SSSR count). The normalized spacial score (nSPS) is 10.5. The Bertz CT molecular complexity index is 403. The van der Waals surface area contributed by atoms with Crippen LogP contribution in [0, 0.1) is 0 Å². The number of phenolic OH excluding ortho intramolecular Hbond substituents is 1. The van der Waals surface area contributed by atoms with Crippen molar-refractivity contribution in [3.8, 4) is 5.75 Å². The van der Waals surface area contributed by atoms with E-state index in [-0.39, 0.29) is 21.6 Å². The number of ketones is 1. The molecule has 0 heterocycles. The number of unbranched alkanes of at least 4 members (excludes halogenated alkanes) is 3. The number of hydrogen-bond acceptors (Lipinski definition) is 2. The van der Waals surface area contributed by atoms with Gasteiger partial charge in [-0.2, -0.15) is 0 Å². The van der Waals surface area contributed by atoms with Crippen LogP contribution in [-0.4, -0.2) is 10.9 Å². The lowest BCUT2D eigenvalue weighted by atomic mass is 10.0. The predicted molar refractivity (Wildman–Crippen MR) is 71.2 cm³/mol. The van der Waals surface area contributed by atoms with Crippen molar-refractivity contribution in [3.63, 3.8) is 0 Å². The molecule has 0 fully saturated rings. The van der Waals surface area contributed by atoms with Gasteiger partial charge in [0.25, 0.3) is 0 Å². The number of aromatic hydroxyl groups is 1. The first-order valence-electron chi connectivity index (χ1n) is 5.78. The van der Waals surface area contributed by atoms with Gasteiger partial charge in [0.2, 0.25) is 0 Å². The summed E-state index contributed by atoms with van der Waals surface area (Å²) in [5.41, 5.74) is 0.394. The van der Waals surface area contributed by atoms with Crippen molar-refractivity contribution in [1.82, 2.24) is 0 Å². The van der Waals surface area contributed by atoms with Gasteiger partial charge in [0, 0.05) is 12.0 Å². The summed E-state index contributed by atoms with van der Waals surface area (Å²) in [5.74, 6) is -0.118. The minimum atomic E-state index is -0.0980. The third-order valence-electron chi connectivity index (χ3n) is 2.62. The van der Waals surface area contributed by atoms with Crippen LogP contribution in [0.25, 0.3) is 0 Å². The fourth-order valence-corrected chi connectivity index (χ4v) is 2.03. The van der Waals surface area contributed by atoms with Crippen LogP contribution in [0.1, 0.15) is 49.4 Å². The summed E-state index contributed by atoms with van der Waals surface area (Å²) in [6.45, 7) is 2.12. The second-order valence-electron chi connectivity index (χ2n) is 3.99. The molecule has 0 atom stereocenters. The van der Waals surface area contributed by atoms with Gasteiger partial charge in [-0.15, -0.1) is 0 Å². The Morgan fingerprint density at radius 3 is 2.53 bits per heavy atom. The van der Waals surface area contributed by atoms with Crippen LogP contribution in [0.2, 0.25) is 10.0 Å². The van der Waals surface area contributed by atoms with E-state index in [1.54, 1.807) is 0 Å². The molecular weight excluding hydrogens is 259 g/mol. The molecule has 1 aromatic carbocycles. The van der Waals surface area contributed by atoms with Gasteiger partial charge in [0.1, 0.15) is 10.8 Å². The Morgan fingerprint density at radius 2 is 1.88 bits per heavy atom. The Labute approximate surface area is 112 Å². The highest BCUT2D eigenvalue weighted by Gasteiger charge is 2.14. The molecule has 0 bridgehead atoms. The number of halogens is 2. The third kappa shape index (κ3) is 3.90. The van der Waals surface area contributed by atoms with Gasteiger partial charge in [0.05, 0.1) is 5.02 Å². The smallest absolute Gasteiger partial charge is 0.164 e. The van der Waals surface area contributed by atoms with Crippen LogP contribution in [0.5, 0.6) is 5.75 Å². The van der Waals surface area contributed by atoms with Crippen molar-refractivity contribution >= 4 is 29.0 Å². The van der Waals surface area contributed by atoms with Crippen LogP contribution >= 0.6 is 23.2 Å². The van der Waals surface area contributed by atoms with Crippen molar-refractivity contribution in [3.05, 3.63) is 27.7 Å². The van der Waals surface area contributed by atoms with Crippen LogP contribution in [-0.2, 0) is 0 Å². The largest absolute Gasteiger partial charge is 0.506 e. The van der Waals surface area contributed by atoms with E-state index in [0.29, 0.717) is 12.0 Å². The first-order valence-corrected chi connectivity index (χ1v) is 6.53.